The summed E-state index contributed by atoms with van der Waals surface area (Å²) in [6.45, 7) is -0.129. The van der Waals surface area contributed by atoms with Crippen molar-refractivity contribution in [3.8, 4) is 68.3 Å². The lowest BCUT2D eigenvalue weighted by Gasteiger charge is -2.18. The molecule has 1 aromatic carbocycles. The van der Waals surface area contributed by atoms with Gasteiger partial charge in [-0.1, -0.05) is 18.2 Å². The van der Waals surface area contributed by atoms with E-state index in [1.54, 1.807) is 30.9 Å². The van der Waals surface area contributed by atoms with E-state index in [9.17, 15) is 0 Å². The summed E-state index contributed by atoms with van der Waals surface area (Å²) in [7, 11) is 0. The van der Waals surface area contributed by atoms with Gasteiger partial charge in [-0.2, -0.15) is 0 Å². The number of aromatic nitrogens is 5. The third-order valence-electron chi connectivity index (χ3n) is 6.59. The molecule has 0 N–H and O–H groups in total. The van der Waals surface area contributed by atoms with Gasteiger partial charge >= 0.3 is 0 Å². The predicted octanol–water partition coefficient (Wildman–Crippen LogP) is 6.47. The van der Waals surface area contributed by atoms with Crippen LogP contribution in [0.4, 0.5) is 0 Å². The van der Waals surface area contributed by atoms with E-state index in [1.165, 1.54) is 0 Å². The van der Waals surface area contributed by atoms with E-state index in [4.69, 9.17) is 23.9 Å². The maximum absolute atomic E-state index is 6.16. The highest BCUT2D eigenvalue weighted by Crippen LogP contribution is 2.40. The van der Waals surface area contributed by atoms with Gasteiger partial charge in [-0.05, 0) is 66.7 Å². The van der Waals surface area contributed by atoms with E-state index >= 15 is 0 Å². The maximum Gasteiger partial charge on any atom is 0.231 e. The van der Waals surface area contributed by atoms with Gasteiger partial charge in [0.2, 0.25) is 13.6 Å². The number of benzene rings is 1. The van der Waals surface area contributed by atoms with Crippen LogP contribution in [0.25, 0.3) is 45.3 Å². The summed E-state index contributed by atoms with van der Waals surface area (Å²) in [6.07, 6.45) is 6.77. The van der Waals surface area contributed by atoms with Crippen molar-refractivity contribution in [3.63, 3.8) is 0 Å². The van der Waals surface area contributed by atoms with Gasteiger partial charge in [0.25, 0.3) is 0 Å². The van der Waals surface area contributed by atoms with E-state index < -0.39 is 0 Å². The average molecular weight is 554 g/mol. The van der Waals surface area contributed by atoms with Crippen LogP contribution in [0.15, 0.2) is 116 Å². The number of hydrogen-bond donors (Lipinski definition) is 0. The number of rotatable bonds is 2. The lowest BCUT2D eigenvalue weighted by Crippen LogP contribution is -2.10. The second kappa shape index (κ2) is 11.3. The van der Waals surface area contributed by atoms with Crippen LogP contribution in [0.2, 0.25) is 0 Å². The fourth-order valence-electron chi connectivity index (χ4n) is 4.52. The van der Waals surface area contributed by atoms with Gasteiger partial charge in [0.05, 0.1) is 46.6 Å². The highest BCUT2D eigenvalue weighted by Gasteiger charge is 2.18. The SMILES string of the molecule is c1ccc(-c2cc(-c3ccccn3)c3cc2OCOc2ccc(nc2)-c2cccc(n2)-c2ccc(cn2)OCO3)nc1. The van der Waals surface area contributed by atoms with Crippen LogP contribution in [-0.2, 0) is 0 Å². The Bertz CT molecular complexity index is 1690. The molecule has 3 aliphatic heterocycles. The molecule has 0 atom stereocenters. The molecule has 204 valence electrons. The van der Waals surface area contributed by atoms with Crippen molar-refractivity contribution in [1.82, 2.24) is 24.9 Å². The van der Waals surface area contributed by atoms with Crippen molar-refractivity contribution in [2.24, 2.45) is 0 Å². The topological polar surface area (TPSA) is 101 Å². The number of hydrogen-bond acceptors (Lipinski definition) is 9. The van der Waals surface area contributed by atoms with Crippen molar-refractivity contribution in [1.29, 1.82) is 0 Å². The molecule has 9 rings (SSSR count). The number of ether oxygens (including phenoxy) is 4. The Kier molecular flexibility index (Phi) is 6.79. The lowest BCUT2D eigenvalue weighted by atomic mass is 10.0. The Morgan fingerprint density at radius 3 is 1.40 bits per heavy atom. The number of fused-ring (bicyclic) bond motifs is 2. The first kappa shape index (κ1) is 25.2. The molecule has 0 unspecified atom stereocenters. The largest absolute Gasteiger partial charge is 0.457 e. The zero-order valence-electron chi connectivity index (χ0n) is 22.3. The van der Waals surface area contributed by atoms with E-state index in [0.29, 0.717) is 34.4 Å². The first-order valence-corrected chi connectivity index (χ1v) is 13.2. The Morgan fingerprint density at radius 2 is 0.952 bits per heavy atom. The molecule has 0 radical (unpaired) electrons. The first-order chi connectivity index (χ1) is 20.8. The van der Waals surface area contributed by atoms with Gasteiger partial charge in [-0.15, -0.1) is 0 Å². The van der Waals surface area contributed by atoms with Crippen molar-refractivity contribution in [3.05, 3.63) is 116 Å². The van der Waals surface area contributed by atoms with Crippen LogP contribution in [0.5, 0.6) is 23.0 Å². The van der Waals surface area contributed by atoms with Crippen molar-refractivity contribution in [2.45, 2.75) is 0 Å². The third-order valence-corrected chi connectivity index (χ3v) is 6.59. The van der Waals surface area contributed by atoms with Gasteiger partial charge in [0.1, 0.15) is 23.0 Å². The summed E-state index contributed by atoms with van der Waals surface area (Å²) in [5, 5.41) is 0. The van der Waals surface area contributed by atoms with Crippen molar-refractivity contribution >= 4 is 0 Å². The highest BCUT2D eigenvalue weighted by atomic mass is 16.7. The summed E-state index contributed by atoms with van der Waals surface area (Å²) < 4.78 is 24.1. The third kappa shape index (κ3) is 5.31. The van der Waals surface area contributed by atoms with Gasteiger partial charge in [0, 0.05) is 29.6 Å². The van der Waals surface area contributed by atoms with E-state index in [1.807, 2.05) is 84.9 Å². The molecule has 0 saturated carbocycles. The zero-order chi connectivity index (χ0) is 28.1. The summed E-state index contributed by atoms with van der Waals surface area (Å²) in [6, 6.07) is 28.3. The van der Waals surface area contributed by atoms with Crippen LogP contribution in [0.1, 0.15) is 0 Å². The summed E-state index contributed by atoms with van der Waals surface area (Å²) in [4.78, 5) is 23.0. The molecule has 8 heterocycles. The molecule has 9 nitrogen and oxygen atoms in total. The summed E-state index contributed by atoms with van der Waals surface area (Å²) in [5.74, 6) is 2.15. The smallest absolute Gasteiger partial charge is 0.231 e. The molecule has 0 amide bonds. The van der Waals surface area contributed by atoms with Crippen molar-refractivity contribution < 1.29 is 18.9 Å². The molecule has 6 aromatic rings. The Morgan fingerprint density at radius 1 is 0.429 bits per heavy atom. The average Bonchev–Trinajstić information content (AvgIpc) is 3.06. The molecule has 0 saturated heterocycles. The van der Waals surface area contributed by atoms with Gasteiger partial charge in [-0.25, -0.2) is 4.98 Å². The van der Waals surface area contributed by atoms with Crippen LogP contribution in [0, 0.1) is 0 Å². The molecule has 42 heavy (non-hydrogen) atoms. The molecule has 8 bridgehead atoms. The Balaban J connectivity index is 1.30. The number of nitrogens with zero attached hydrogens (tertiary/aromatic N) is 5. The second-order valence-electron chi connectivity index (χ2n) is 9.25. The molecule has 5 aromatic heterocycles. The van der Waals surface area contributed by atoms with Crippen LogP contribution in [-0.4, -0.2) is 38.5 Å². The van der Waals surface area contributed by atoms with E-state index in [-0.39, 0.29) is 13.6 Å². The molecule has 0 fully saturated rings. The second-order valence-corrected chi connectivity index (χ2v) is 9.25. The highest BCUT2D eigenvalue weighted by molar-refractivity contribution is 5.79. The fourth-order valence-corrected chi connectivity index (χ4v) is 4.52. The summed E-state index contributed by atoms with van der Waals surface area (Å²) >= 11 is 0. The molecule has 3 aliphatic rings. The Labute approximate surface area is 241 Å². The summed E-state index contributed by atoms with van der Waals surface area (Å²) in [5.41, 5.74) is 5.85. The van der Waals surface area contributed by atoms with Gasteiger partial charge in [0.15, 0.2) is 0 Å². The first-order valence-electron chi connectivity index (χ1n) is 13.2. The molecule has 0 spiro atoms. The van der Waals surface area contributed by atoms with E-state index in [0.717, 1.165) is 33.9 Å². The van der Waals surface area contributed by atoms with Crippen LogP contribution in [0.3, 0.4) is 0 Å². The minimum absolute atomic E-state index is 0.0645. The monoisotopic (exact) mass is 553 g/mol. The molecular weight excluding hydrogens is 530 g/mol. The minimum atomic E-state index is -0.0645. The standard InChI is InChI=1S/C33H23N5O4/c1-3-14-34-26(6-1)24-16-25(27-7-2-4-15-35-27)33-17-32(24)41-20-39-22-10-12-28(36-18-22)30-8-5-9-31(38-30)29-13-11-23(19-37-29)40-21-42-33/h1-19H,20-21H2. The van der Waals surface area contributed by atoms with Crippen LogP contribution >= 0.6 is 0 Å². The minimum Gasteiger partial charge on any atom is -0.457 e. The fraction of sp³-hybridized carbons (Fsp3) is 0.0606. The van der Waals surface area contributed by atoms with E-state index in [2.05, 4.69) is 19.9 Å². The Hall–Kier alpha value is -5.83. The van der Waals surface area contributed by atoms with Crippen LogP contribution < -0.4 is 18.9 Å². The lowest BCUT2D eigenvalue weighted by molar-refractivity contribution is 0.113. The number of pyridine rings is 5. The normalized spacial score (nSPS) is 12.4. The maximum atomic E-state index is 6.16. The van der Waals surface area contributed by atoms with Gasteiger partial charge in [-0.3, -0.25) is 19.9 Å². The van der Waals surface area contributed by atoms with Crippen molar-refractivity contribution in [2.75, 3.05) is 13.6 Å². The molecule has 9 heteroatoms. The predicted molar refractivity (Wildman–Crippen MR) is 156 cm³/mol. The molecule has 0 aliphatic carbocycles. The molecular formula is C33H23N5O4. The quantitative estimate of drug-likeness (QED) is 0.239. The zero-order valence-corrected chi connectivity index (χ0v) is 22.3. The van der Waals surface area contributed by atoms with Gasteiger partial charge < -0.3 is 18.9 Å².